The van der Waals surface area contributed by atoms with E-state index in [0.717, 1.165) is 25.7 Å². The molecule has 0 aromatic carbocycles. The molecule has 1 saturated heterocycles. The zero-order chi connectivity index (χ0) is 17.5. The topological polar surface area (TPSA) is 55.8 Å². The van der Waals surface area contributed by atoms with Crippen LogP contribution in [0.3, 0.4) is 0 Å². The largest absolute Gasteiger partial charge is 0.459 e. The van der Waals surface area contributed by atoms with Gasteiger partial charge in [-0.1, -0.05) is 31.1 Å². The summed E-state index contributed by atoms with van der Waals surface area (Å²) in [5.74, 6) is 0.801. The van der Waals surface area contributed by atoms with Crippen LogP contribution in [0.25, 0.3) is 0 Å². The van der Waals surface area contributed by atoms with Crippen molar-refractivity contribution in [2.75, 3.05) is 13.7 Å². The molecule has 2 aliphatic carbocycles. The summed E-state index contributed by atoms with van der Waals surface area (Å²) in [5, 5.41) is 9.91. The molecule has 0 spiro atoms. The zero-order valence-corrected chi connectivity index (χ0v) is 15.3. The molecule has 1 aliphatic heterocycles. The molecule has 0 bridgehead atoms. The molecule has 2 fully saturated rings. The number of rotatable bonds is 3. The molecular weight excluding hydrogens is 304 g/mol. The Labute approximate surface area is 144 Å². The molecule has 4 heteroatoms. The first-order valence-electron chi connectivity index (χ1n) is 9.15. The van der Waals surface area contributed by atoms with Crippen molar-refractivity contribution >= 4 is 5.97 Å². The Kier molecular flexibility index (Phi) is 4.89. The summed E-state index contributed by atoms with van der Waals surface area (Å²) in [6.07, 6.45) is 6.78. The van der Waals surface area contributed by atoms with Crippen LogP contribution in [0.1, 0.15) is 52.9 Å². The molecule has 0 amide bonds. The maximum Gasteiger partial charge on any atom is 0.336 e. The fourth-order valence-electron chi connectivity index (χ4n) is 5.33. The molecule has 1 heterocycles. The predicted molar refractivity (Wildman–Crippen MR) is 92.4 cm³/mol. The van der Waals surface area contributed by atoms with Gasteiger partial charge in [0.05, 0.1) is 11.7 Å². The second-order valence-electron chi connectivity index (χ2n) is 7.97. The van der Waals surface area contributed by atoms with Crippen LogP contribution in [0.2, 0.25) is 0 Å². The number of esters is 1. The Morgan fingerprint density at radius 3 is 2.79 bits per heavy atom. The number of allylic oxidation sites excluding steroid dienone is 3. The number of cyclic esters (lactones) is 1. The number of ether oxygens (including phenoxy) is 2. The van der Waals surface area contributed by atoms with Crippen molar-refractivity contribution in [3.05, 3.63) is 22.8 Å². The highest BCUT2D eigenvalue weighted by Gasteiger charge is 2.48. The van der Waals surface area contributed by atoms with Gasteiger partial charge >= 0.3 is 5.97 Å². The molecule has 3 aliphatic rings. The Morgan fingerprint density at radius 1 is 1.42 bits per heavy atom. The first-order valence-corrected chi connectivity index (χ1v) is 9.15. The van der Waals surface area contributed by atoms with Gasteiger partial charge in [0.1, 0.15) is 12.7 Å². The van der Waals surface area contributed by atoms with Crippen LogP contribution >= 0.6 is 0 Å². The summed E-state index contributed by atoms with van der Waals surface area (Å²) in [4.78, 5) is 11.8. The van der Waals surface area contributed by atoms with Crippen molar-refractivity contribution in [2.45, 2.75) is 65.1 Å². The van der Waals surface area contributed by atoms with Gasteiger partial charge in [-0.3, -0.25) is 0 Å². The van der Waals surface area contributed by atoms with Crippen molar-refractivity contribution in [3.8, 4) is 0 Å². The van der Waals surface area contributed by atoms with Gasteiger partial charge in [-0.05, 0) is 56.3 Å². The second kappa shape index (κ2) is 6.64. The van der Waals surface area contributed by atoms with Crippen LogP contribution in [0, 0.1) is 17.3 Å². The van der Waals surface area contributed by atoms with Crippen LogP contribution in [0.4, 0.5) is 0 Å². The monoisotopic (exact) mass is 334 g/mol. The van der Waals surface area contributed by atoms with Crippen molar-refractivity contribution in [2.24, 2.45) is 17.3 Å². The quantitative estimate of drug-likeness (QED) is 0.488. The van der Waals surface area contributed by atoms with Gasteiger partial charge in [0, 0.05) is 7.11 Å². The summed E-state index contributed by atoms with van der Waals surface area (Å²) in [6.45, 7) is 7.03. The van der Waals surface area contributed by atoms with E-state index in [0.29, 0.717) is 23.5 Å². The van der Waals surface area contributed by atoms with Crippen molar-refractivity contribution in [1.82, 2.24) is 0 Å². The number of carbonyl (C=O) groups excluding carboxylic acids is 1. The molecule has 5 atom stereocenters. The third kappa shape index (κ3) is 2.84. The van der Waals surface area contributed by atoms with E-state index < -0.39 is 6.10 Å². The minimum Gasteiger partial charge on any atom is -0.459 e. The molecule has 134 valence electrons. The number of carbonyl (C=O) groups is 1. The number of hydrogen-bond acceptors (Lipinski definition) is 4. The van der Waals surface area contributed by atoms with E-state index >= 15 is 0 Å². The predicted octanol–water partition coefficient (Wildman–Crippen LogP) is 3.40. The molecule has 3 rings (SSSR count). The highest BCUT2D eigenvalue weighted by Crippen LogP contribution is 2.56. The van der Waals surface area contributed by atoms with Crippen LogP contribution in [-0.4, -0.2) is 37.0 Å². The van der Waals surface area contributed by atoms with Gasteiger partial charge in [0.25, 0.3) is 0 Å². The number of aliphatic hydroxyl groups excluding tert-OH is 1. The average Bonchev–Trinajstić information content (AvgIpc) is 2.86. The van der Waals surface area contributed by atoms with E-state index in [4.69, 9.17) is 9.47 Å². The average molecular weight is 334 g/mol. The standard InChI is InChI=1S/C20H30O4/c1-12-5-7-16-13(2)18(23-4)9-10-20(16,3)15(12)8-6-14-17(21)11-24-19(14)22/h6,13,16-18,21H,5,7-11H2,1-4H3/t13-,16-,17?,18-,20+/m1/s1. The molecule has 1 saturated carbocycles. The molecule has 4 nitrogen and oxygen atoms in total. The summed E-state index contributed by atoms with van der Waals surface area (Å²) < 4.78 is 10.6. The summed E-state index contributed by atoms with van der Waals surface area (Å²) in [6, 6.07) is 0. The molecule has 1 N–H and O–H groups in total. The molecule has 0 aromatic rings. The SMILES string of the molecule is CO[C@@H]1CC[C@@]2(C)C(CC=C3C(=O)OCC3O)=C(C)CC[C@@H]2[C@H]1C. The number of aliphatic hydroxyl groups is 1. The normalized spacial score (nSPS) is 41.5. The van der Waals surface area contributed by atoms with E-state index in [1.165, 1.54) is 17.6 Å². The van der Waals surface area contributed by atoms with Gasteiger partial charge in [0.2, 0.25) is 0 Å². The first kappa shape index (κ1) is 17.7. The molecule has 0 aromatic heterocycles. The van der Waals surface area contributed by atoms with Gasteiger partial charge in [-0.25, -0.2) is 4.79 Å². The van der Waals surface area contributed by atoms with Crippen molar-refractivity contribution < 1.29 is 19.4 Å². The Hall–Kier alpha value is -1.13. The molecule has 1 unspecified atom stereocenters. The fourth-order valence-corrected chi connectivity index (χ4v) is 5.33. The third-order valence-corrected chi connectivity index (χ3v) is 6.82. The van der Waals surface area contributed by atoms with Gasteiger partial charge in [-0.2, -0.15) is 0 Å². The van der Waals surface area contributed by atoms with E-state index in [1.807, 2.05) is 13.2 Å². The lowest BCUT2D eigenvalue weighted by molar-refractivity contribution is -0.135. The van der Waals surface area contributed by atoms with E-state index in [-0.39, 0.29) is 18.0 Å². The highest BCUT2D eigenvalue weighted by atomic mass is 16.6. The molecule has 24 heavy (non-hydrogen) atoms. The van der Waals surface area contributed by atoms with Crippen LogP contribution < -0.4 is 0 Å². The zero-order valence-electron chi connectivity index (χ0n) is 15.3. The number of methoxy groups -OCH3 is 1. The van der Waals surface area contributed by atoms with E-state index in [2.05, 4.69) is 20.8 Å². The molecular formula is C20H30O4. The van der Waals surface area contributed by atoms with E-state index in [1.54, 1.807) is 0 Å². The van der Waals surface area contributed by atoms with Gasteiger partial charge in [0.15, 0.2) is 0 Å². The number of fused-ring (bicyclic) bond motifs is 1. The third-order valence-electron chi connectivity index (χ3n) is 6.82. The minimum absolute atomic E-state index is 0.0924. The highest BCUT2D eigenvalue weighted by molar-refractivity contribution is 5.91. The first-order chi connectivity index (χ1) is 11.4. The summed E-state index contributed by atoms with van der Waals surface area (Å²) in [7, 11) is 1.83. The minimum atomic E-state index is -0.770. The van der Waals surface area contributed by atoms with Crippen LogP contribution in [0.15, 0.2) is 22.8 Å². The van der Waals surface area contributed by atoms with Crippen LogP contribution in [-0.2, 0) is 14.3 Å². The van der Waals surface area contributed by atoms with E-state index in [9.17, 15) is 9.90 Å². The van der Waals surface area contributed by atoms with Gasteiger partial charge in [-0.15, -0.1) is 0 Å². The maximum atomic E-state index is 11.8. The summed E-state index contributed by atoms with van der Waals surface area (Å²) in [5.41, 5.74) is 3.51. The molecule has 0 radical (unpaired) electrons. The van der Waals surface area contributed by atoms with Crippen LogP contribution in [0.5, 0.6) is 0 Å². The Bertz CT molecular complexity index is 576. The lowest BCUT2D eigenvalue weighted by atomic mass is 9.54. The maximum absolute atomic E-state index is 11.8. The lowest BCUT2D eigenvalue weighted by Gasteiger charge is -2.52. The smallest absolute Gasteiger partial charge is 0.336 e. The summed E-state index contributed by atoms with van der Waals surface area (Å²) >= 11 is 0. The Balaban J connectivity index is 1.86. The van der Waals surface area contributed by atoms with Crippen molar-refractivity contribution in [3.63, 3.8) is 0 Å². The van der Waals surface area contributed by atoms with Gasteiger partial charge < -0.3 is 14.6 Å². The fraction of sp³-hybridized carbons (Fsp3) is 0.750. The Morgan fingerprint density at radius 2 is 2.17 bits per heavy atom. The van der Waals surface area contributed by atoms with Crippen molar-refractivity contribution in [1.29, 1.82) is 0 Å². The number of hydrogen-bond donors (Lipinski definition) is 1. The second-order valence-corrected chi connectivity index (χ2v) is 7.97. The lowest BCUT2D eigenvalue weighted by Crippen LogP contribution is -2.46.